The molecule has 3 rings (SSSR count). The summed E-state index contributed by atoms with van der Waals surface area (Å²) in [7, 11) is 0. The lowest BCUT2D eigenvalue weighted by molar-refractivity contribution is -0.274. The van der Waals surface area contributed by atoms with Crippen LogP contribution in [0.1, 0.15) is 17.7 Å². The minimum Gasteiger partial charge on any atom is -0.502 e. The molecule has 8 heteroatoms. The Bertz CT molecular complexity index is 801. The maximum absolute atomic E-state index is 12.3. The van der Waals surface area contributed by atoms with Gasteiger partial charge in [-0.05, 0) is 36.6 Å². The fourth-order valence-electron chi connectivity index (χ4n) is 2.73. The normalized spacial score (nSPS) is 14.4. The molecule has 2 aromatic rings. The molecule has 0 aliphatic carbocycles. The highest BCUT2D eigenvalue weighted by Crippen LogP contribution is 2.33. The van der Waals surface area contributed by atoms with Crippen LogP contribution in [0.3, 0.4) is 0 Å². The van der Waals surface area contributed by atoms with Crippen molar-refractivity contribution < 1.29 is 27.4 Å². The first kappa shape index (κ1) is 16.2. The molecule has 1 aromatic heterocycles. The van der Waals surface area contributed by atoms with E-state index in [-0.39, 0.29) is 12.3 Å². The molecule has 0 unspecified atom stereocenters. The molecule has 1 N–H and O–H groups in total. The van der Waals surface area contributed by atoms with Crippen molar-refractivity contribution in [3.8, 4) is 11.5 Å². The van der Waals surface area contributed by atoms with Gasteiger partial charge < -0.3 is 19.2 Å². The minimum atomic E-state index is -4.72. The third-order valence-electron chi connectivity index (χ3n) is 3.71. The number of halogens is 3. The number of benzene rings is 1. The van der Waals surface area contributed by atoms with E-state index in [9.17, 15) is 23.1 Å². The molecule has 2 heterocycles. The Hall–Kier alpha value is -2.64. The van der Waals surface area contributed by atoms with Crippen LogP contribution < -0.4 is 15.1 Å². The molecule has 0 atom stereocenters. The lowest BCUT2D eigenvalue weighted by Gasteiger charge is -2.31. The minimum absolute atomic E-state index is 0.251. The predicted octanol–water partition coefficient (Wildman–Crippen LogP) is 3.20. The molecule has 0 fully saturated rings. The van der Waals surface area contributed by atoms with Crippen LogP contribution in [0, 0.1) is 0 Å². The van der Waals surface area contributed by atoms with Gasteiger partial charge in [-0.25, -0.2) is 0 Å². The number of aromatic hydroxyl groups is 1. The molecule has 0 saturated heterocycles. The second-order valence-corrected chi connectivity index (χ2v) is 5.46. The Morgan fingerprint density at radius 2 is 2.08 bits per heavy atom. The van der Waals surface area contributed by atoms with E-state index in [2.05, 4.69) is 4.74 Å². The first-order valence-electron chi connectivity index (χ1n) is 7.26. The maximum atomic E-state index is 12.3. The van der Waals surface area contributed by atoms with E-state index in [4.69, 9.17) is 4.42 Å². The van der Waals surface area contributed by atoms with Gasteiger partial charge in [0.05, 0.1) is 6.54 Å². The fraction of sp³-hybridized carbons (Fsp3) is 0.312. The van der Waals surface area contributed by atoms with Crippen molar-refractivity contribution in [2.75, 3.05) is 11.4 Å². The van der Waals surface area contributed by atoms with E-state index in [1.807, 2.05) is 4.90 Å². The van der Waals surface area contributed by atoms with Gasteiger partial charge in [0.25, 0.3) is 0 Å². The van der Waals surface area contributed by atoms with E-state index < -0.39 is 17.5 Å². The van der Waals surface area contributed by atoms with Crippen molar-refractivity contribution in [3.63, 3.8) is 0 Å². The van der Waals surface area contributed by atoms with E-state index in [1.165, 1.54) is 18.2 Å². The molecule has 0 spiro atoms. The molecule has 5 nitrogen and oxygen atoms in total. The lowest BCUT2D eigenvalue weighted by Crippen LogP contribution is -2.29. The predicted molar refractivity (Wildman–Crippen MR) is 79.1 cm³/mol. The summed E-state index contributed by atoms with van der Waals surface area (Å²) in [6.45, 7) is 0.957. The van der Waals surface area contributed by atoms with Gasteiger partial charge in [-0.2, -0.15) is 0 Å². The zero-order valence-corrected chi connectivity index (χ0v) is 12.5. The molecule has 1 aromatic carbocycles. The van der Waals surface area contributed by atoms with Gasteiger partial charge in [0.2, 0.25) is 5.43 Å². The van der Waals surface area contributed by atoms with Crippen molar-refractivity contribution in [1.82, 2.24) is 0 Å². The summed E-state index contributed by atoms with van der Waals surface area (Å²) in [6.07, 6.45) is -2.36. The van der Waals surface area contributed by atoms with Crippen LogP contribution in [-0.4, -0.2) is 18.0 Å². The van der Waals surface area contributed by atoms with E-state index >= 15 is 0 Å². The third kappa shape index (κ3) is 3.64. The molecular weight excluding hydrogens is 327 g/mol. The average Bonchev–Trinajstić information content (AvgIpc) is 2.49. The standard InChI is InChI=1S/C16H14F3NO4/c17-16(18,19)24-11-3-4-13-10(6-11)2-1-5-20(13)8-12-7-14(21)15(22)9-23-12/h3-4,6-7,9,22H,1-2,5,8H2. The van der Waals surface area contributed by atoms with Crippen molar-refractivity contribution >= 4 is 5.69 Å². The van der Waals surface area contributed by atoms with Crippen molar-refractivity contribution in [2.24, 2.45) is 0 Å². The van der Waals surface area contributed by atoms with Gasteiger partial charge in [-0.1, -0.05) is 0 Å². The summed E-state index contributed by atoms with van der Waals surface area (Å²) in [5.74, 6) is -0.354. The summed E-state index contributed by atoms with van der Waals surface area (Å²) in [4.78, 5) is 13.4. The Morgan fingerprint density at radius 3 is 2.79 bits per heavy atom. The van der Waals surface area contributed by atoms with Crippen LogP contribution in [0.4, 0.5) is 18.9 Å². The number of hydrogen-bond donors (Lipinski definition) is 1. The SMILES string of the molecule is O=c1cc(CN2CCCc3cc(OC(F)(F)F)ccc32)occ1O. The van der Waals surface area contributed by atoms with E-state index in [0.29, 0.717) is 18.7 Å². The second-order valence-electron chi connectivity index (χ2n) is 5.46. The van der Waals surface area contributed by atoms with E-state index in [1.54, 1.807) is 6.07 Å². The molecule has 0 amide bonds. The Morgan fingerprint density at radius 1 is 1.29 bits per heavy atom. The van der Waals surface area contributed by atoms with Crippen molar-refractivity contribution in [1.29, 1.82) is 0 Å². The third-order valence-corrected chi connectivity index (χ3v) is 3.71. The highest BCUT2D eigenvalue weighted by molar-refractivity contribution is 5.58. The number of hydrogen-bond acceptors (Lipinski definition) is 5. The fourth-order valence-corrected chi connectivity index (χ4v) is 2.73. The van der Waals surface area contributed by atoms with Gasteiger partial charge in [0, 0.05) is 18.3 Å². The molecule has 0 saturated carbocycles. The van der Waals surface area contributed by atoms with Gasteiger partial charge in [-0.3, -0.25) is 4.79 Å². The molecule has 24 heavy (non-hydrogen) atoms. The van der Waals surface area contributed by atoms with Crippen LogP contribution in [0.15, 0.2) is 39.7 Å². The summed E-state index contributed by atoms with van der Waals surface area (Å²) in [6, 6.07) is 5.40. The number of aryl methyl sites for hydroxylation is 1. The highest BCUT2D eigenvalue weighted by atomic mass is 19.4. The average molecular weight is 341 g/mol. The molecule has 0 bridgehead atoms. The first-order chi connectivity index (χ1) is 11.3. The number of fused-ring (bicyclic) bond motifs is 1. The summed E-state index contributed by atoms with van der Waals surface area (Å²) < 4.78 is 46.1. The van der Waals surface area contributed by atoms with Crippen LogP contribution in [0.2, 0.25) is 0 Å². The largest absolute Gasteiger partial charge is 0.573 e. The van der Waals surface area contributed by atoms with Crippen LogP contribution in [0.5, 0.6) is 11.5 Å². The van der Waals surface area contributed by atoms with Crippen LogP contribution >= 0.6 is 0 Å². The number of rotatable bonds is 3. The zero-order valence-electron chi connectivity index (χ0n) is 12.5. The van der Waals surface area contributed by atoms with Gasteiger partial charge in [0.1, 0.15) is 17.8 Å². The molecule has 1 aliphatic heterocycles. The van der Waals surface area contributed by atoms with Gasteiger partial charge >= 0.3 is 6.36 Å². The number of nitrogens with zero attached hydrogens (tertiary/aromatic N) is 1. The van der Waals surface area contributed by atoms with Crippen molar-refractivity contribution in [3.05, 3.63) is 52.1 Å². The lowest BCUT2D eigenvalue weighted by atomic mass is 10.0. The topological polar surface area (TPSA) is 62.9 Å². The monoisotopic (exact) mass is 341 g/mol. The molecule has 128 valence electrons. The Kier molecular flexibility index (Phi) is 4.13. The summed E-state index contributed by atoms with van der Waals surface area (Å²) >= 11 is 0. The van der Waals surface area contributed by atoms with Gasteiger partial charge in [0.15, 0.2) is 5.75 Å². The highest BCUT2D eigenvalue weighted by Gasteiger charge is 2.31. The molecule has 0 radical (unpaired) electrons. The first-order valence-corrected chi connectivity index (χ1v) is 7.26. The molecule has 1 aliphatic rings. The Labute approximate surface area is 134 Å². The van der Waals surface area contributed by atoms with E-state index in [0.717, 1.165) is 23.9 Å². The number of anilines is 1. The van der Waals surface area contributed by atoms with Gasteiger partial charge in [-0.15, -0.1) is 13.2 Å². The second kappa shape index (κ2) is 6.10. The van der Waals surface area contributed by atoms with Crippen molar-refractivity contribution in [2.45, 2.75) is 25.7 Å². The zero-order chi connectivity index (χ0) is 17.3. The number of alkyl halides is 3. The summed E-state index contributed by atoms with van der Waals surface area (Å²) in [5, 5.41) is 9.21. The summed E-state index contributed by atoms with van der Waals surface area (Å²) in [5.41, 5.74) is 0.970. The maximum Gasteiger partial charge on any atom is 0.573 e. The Balaban J connectivity index is 1.83. The smallest absolute Gasteiger partial charge is 0.502 e. The number of ether oxygens (including phenoxy) is 1. The van der Waals surface area contributed by atoms with Crippen LogP contribution in [-0.2, 0) is 13.0 Å². The molecular formula is C16H14F3NO4. The van der Waals surface area contributed by atoms with Crippen LogP contribution in [0.25, 0.3) is 0 Å². The quantitative estimate of drug-likeness (QED) is 0.929.